The zero-order valence-corrected chi connectivity index (χ0v) is 33.1. The van der Waals surface area contributed by atoms with Gasteiger partial charge < -0.3 is 23.8 Å². The van der Waals surface area contributed by atoms with Crippen molar-refractivity contribution in [3.8, 4) is 0 Å². The highest BCUT2D eigenvalue weighted by Crippen LogP contribution is 2.52. The number of nitrogens with zero attached hydrogens (tertiary/aromatic N) is 3. The molecule has 4 rings (SSSR count). The lowest BCUT2D eigenvalue weighted by Gasteiger charge is -2.44. The van der Waals surface area contributed by atoms with Gasteiger partial charge in [0.25, 0.3) is 21.6 Å². The largest absolute Gasteiger partial charge is 0.414 e. The summed E-state index contributed by atoms with van der Waals surface area (Å²) in [6.45, 7) is 22.1. The van der Waals surface area contributed by atoms with Crippen LogP contribution in [0.15, 0.2) is 26.9 Å². The number of carbonyl (C=O) groups excluding carboxylic acids is 2. The number of hydrogen-bond acceptors (Lipinski definition) is 11. The summed E-state index contributed by atoms with van der Waals surface area (Å²) in [7, 11) is -8.34. The smallest absolute Gasteiger partial charge is 0.332 e. The Morgan fingerprint density at radius 3 is 2.15 bits per heavy atom. The van der Waals surface area contributed by atoms with Crippen molar-refractivity contribution in [1.82, 2.24) is 19.4 Å². The second-order valence-electron chi connectivity index (χ2n) is 16.1. The number of ether oxygens (including phenoxy) is 1. The summed E-state index contributed by atoms with van der Waals surface area (Å²) >= 11 is 0. The molecule has 0 aromatic carbocycles. The molecular formula is C31H52N4O10SSi2. The standard InChI is InChI=1S/C31H52N4O10SSi2/c1-20-17-35(28(39)33(8)25(20)37)27-24(44-48(11,12)30(5,6)7)31(23(43-27)18-42-47(9,10)29(2,3)4)22(19-46(40,41)45-31)32-16-21(36)26(38)34-14-13-15-34/h17,19,23-24,27,32H,13-16,18H2,1-12H3/t23-,24+,27-,31-/m1/s1. The van der Waals surface area contributed by atoms with E-state index in [1.54, 1.807) is 6.92 Å². The van der Waals surface area contributed by atoms with Crippen LogP contribution in [0.2, 0.25) is 36.3 Å². The third-order valence-electron chi connectivity index (χ3n) is 10.6. The molecule has 3 aliphatic rings. The molecule has 4 heterocycles. The van der Waals surface area contributed by atoms with E-state index in [2.05, 4.69) is 26.1 Å². The lowest BCUT2D eigenvalue weighted by Crippen LogP contribution is -2.60. The van der Waals surface area contributed by atoms with E-state index in [1.165, 1.54) is 22.7 Å². The van der Waals surface area contributed by atoms with Gasteiger partial charge in [-0.25, -0.2) is 8.98 Å². The first-order chi connectivity index (χ1) is 21.8. The normalized spacial score (nSPS) is 26.0. The van der Waals surface area contributed by atoms with Gasteiger partial charge in [0.1, 0.15) is 12.2 Å². The molecule has 4 atom stereocenters. The minimum absolute atomic E-state index is 0.0445. The Morgan fingerprint density at radius 2 is 1.62 bits per heavy atom. The van der Waals surface area contributed by atoms with Crippen LogP contribution in [0.1, 0.15) is 59.8 Å². The summed E-state index contributed by atoms with van der Waals surface area (Å²) in [5, 5.41) is 3.20. The molecule has 1 amide bonds. The van der Waals surface area contributed by atoms with E-state index in [-0.39, 0.29) is 27.9 Å². The van der Waals surface area contributed by atoms with Crippen LogP contribution in [0.5, 0.6) is 0 Å². The highest BCUT2D eigenvalue weighted by molar-refractivity contribution is 7.90. The summed E-state index contributed by atoms with van der Waals surface area (Å²) < 4.78 is 55.4. The second kappa shape index (κ2) is 12.7. The topological polar surface area (TPSA) is 164 Å². The van der Waals surface area contributed by atoms with E-state index in [1.807, 2.05) is 47.0 Å². The first kappa shape index (κ1) is 38.4. The maximum absolute atomic E-state index is 13.7. The Kier molecular flexibility index (Phi) is 10.2. The van der Waals surface area contributed by atoms with Crippen LogP contribution >= 0.6 is 0 Å². The van der Waals surface area contributed by atoms with Crippen molar-refractivity contribution in [2.45, 2.75) is 115 Å². The monoisotopic (exact) mass is 728 g/mol. The number of rotatable bonds is 10. The fourth-order valence-corrected chi connectivity index (χ4v) is 8.89. The number of hydrogen-bond donors (Lipinski definition) is 1. The number of nitrogens with one attached hydrogen (secondary N) is 1. The predicted molar refractivity (Wildman–Crippen MR) is 185 cm³/mol. The van der Waals surface area contributed by atoms with Gasteiger partial charge in [-0.15, -0.1) is 0 Å². The van der Waals surface area contributed by atoms with E-state index in [4.69, 9.17) is 17.8 Å². The quantitative estimate of drug-likeness (QED) is 0.214. The summed E-state index contributed by atoms with van der Waals surface area (Å²) in [5.41, 5.74) is -2.93. The minimum Gasteiger partial charge on any atom is -0.414 e. The summed E-state index contributed by atoms with van der Waals surface area (Å²) in [6.07, 6.45) is -1.55. The molecule has 2 fully saturated rings. The average Bonchev–Trinajstić information content (AvgIpc) is 3.36. The van der Waals surface area contributed by atoms with E-state index in [0.29, 0.717) is 13.1 Å². The summed E-state index contributed by atoms with van der Waals surface area (Å²) in [5.74, 6) is -1.41. The maximum atomic E-state index is 13.7. The van der Waals surface area contributed by atoms with Crippen LogP contribution in [0.25, 0.3) is 0 Å². The number of ketones is 1. The van der Waals surface area contributed by atoms with E-state index < -0.39 is 80.3 Å². The molecule has 17 heteroatoms. The van der Waals surface area contributed by atoms with Crippen LogP contribution in [-0.4, -0.2) is 94.8 Å². The van der Waals surface area contributed by atoms with Crippen LogP contribution in [0.4, 0.5) is 0 Å². The molecular weight excluding hydrogens is 677 g/mol. The Bertz CT molecular complexity index is 1720. The van der Waals surface area contributed by atoms with Gasteiger partial charge in [-0.1, -0.05) is 41.5 Å². The van der Waals surface area contributed by atoms with Gasteiger partial charge in [-0.05, 0) is 49.6 Å². The number of aryl methyl sites for hydroxylation is 1. The number of amides is 1. The molecule has 14 nitrogen and oxygen atoms in total. The maximum Gasteiger partial charge on any atom is 0.332 e. The van der Waals surface area contributed by atoms with Crippen LogP contribution in [0, 0.1) is 6.92 Å². The van der Waals surface area contributed by atoms with Crippen molar-refractivity contribution in [3.63, 3.8) is 0 Å². The Labute approximate surface area is 285 Å². The third-order valence-corrected chi connectivity index (χ3v) is 20.6. The highest BCUT2D eigenvalue weighted by atomic mass is 32.2. The molecule has 2 saturated heterocycles. The fourth-order valence-electron chi connectivity index (χ4n) is 5.33. The van der Waals surface area contributed by atoms with Crippen molar-refractivity contribution in [2.24, 2.45) is 7.05 Å². The molecule has 0 unspecified atom stereocenters. The first-order valence-corrected chi connectivity index (χ1v) is 23.5. The molecule has 1 aromatic heterocycles. The Balaban J connectivity index is 1.92. The summed E-state index contributed by atoms with van der Waals surface area (Å²) in [6, 6.07) is 0. The van der Waals surface area contributed by atoms with Crippen molar-refractivity contribution in [2.75, 3.05) is 26.2 Å². The molecule has 48 heavy (non-hydrogen) atoms. The molecule has 0 saturated carbocycles. The number of aromatic nitrogens is 2. The van der Waals surface area contributed by atoms with Crippen molar-refractivity contribution in [1.29, 1.82) is 0 Å². The van der Waals surface area contributed by atoms with Gasteiger partial charge in [0.15, 0.2) is 28.5 Å². The average molecular weight is 729 g/mol. The van der Waals surface area contributed by atoms with E-state index >= 15 is 0 Å². The van der Waals surface area contributed by atoms with Crippen LogP contribution < -0.4 is 16.6 Å². The molecule has 270 valence electrons. The zero-order chi connectivity index (χ0) is 36.4. The molecule has 0 bridgehead atoms. The van der Waals surface area contributed by atoms with Crippen LogP contribution in [0.3, 0.4) is 0 Å². The lowest BCUT2D eigenvalue weighted by molar-refractivity contribution is -0.146. The molecule has 3 aliphatic heterocycles. The molecule has 0 aliphatic carbocycles. The van der Waals surface area contributed by atoms with Crippen molar-refractivity contribution in [3.05, 3.63) is 43.7 Å². The molecule has 1 spiro atoms. The molecule has 1 N–H and O–H groups in total. The van der Waals surface area contributed by atoms with Crippen molar-refractivity contribution >= 4 is 38.4 Å². The Morgan fingerprint density at radius 1 is 1.04 bits per heavy atom. The third kappa shape index (κ3) is 6.96. The second-order valence-corrected chi connectivity index (χ2v) is 27.0. The van der Waals surface area contributed by atoms with Gasteiger partial charge in [-0.3, -0.25) is 23.5 Å². The SMILES string of the molecule is Cc1cn([C@@H]2O[C@H](CO[Si](C)(C)C(C)(C)C)[C@@]3(OS(=O)(=O)C=C3NCC(=O)C(=O)N3CCC3)[C@H]2O[Si](C)(C)C(C)(C)C)c(=O)n(C)c1=O. The summed E-state index contributed by atoms with van der Waals surface area (Å²) in [4.78, 5) is 53.6. The highest BCUT2D eigenvalue weighted by Gasteiger charge is 2.68. The van der Waals surface area contributed by atoms with Gasteiger partial charge in [0.05, 0.1) is 24.3 Å². The van der Waals surface area contributed by atoms with Gasteiger partial charge in [0.2, 0.25) is 5.78 Å². The fraction of sp³-hybridized carbons (Fsp3) is 0.742. The number of carbonyl (C=O) groups is 2. The Hall–Kier alpha value is -2.42. The van der Waals surface area contributed by atoms with Gasteiger partial charge in [-0.2, -0.15) is 8.42 Å². The number of Topliss-reactive ketones (excluding diaryl/α,β-unsaturated/α-hetero) is 1. The van der Waals surface area contributed by atoms with Crippen molar-refractivity contribution < 1.29 is 35.8 Å². The van der Waals surface area contributed by atoms with Crippen LogP contribution in [-0.2, 0) is 44.5 Å². The van der Waals surface area contributed by atoms with E-state index in [0.717, 1.165) is 16.4 Å². The number of likely N-dealkylation sites (tertiary alicyclic amines) is 1. The lowest BCUT2D eigenvalue weighted by atomic mass is 9.89. The molecule has 0 radical (unpaired) electrons. The zero-order valence-electron chi connectivity index (χ0n) is 30.3. The molecule has 1 aromatic rings. The minimum atomic E-state index is -4.41. The van der Waals surface area contributed by atoms with Gasteiger partial charge in [0, 0.05) is 31.9 Å². The first-order valence-electron chi connectivity index (χ1n) is 16.3. The van der Waals surface area contributed by atoms with Gasteiger partial charge >= 0.3 is 5.69 Å². The predicted octanol–water partition coefficient (Wildman–Crippen LogP) is 2.50. The van der Waals surface area contributed by atoms with E-state index in [9.17, 15) is 27.6 Å².